The second kappa shape index (κ2) is 4.25. The van der Waals surface area contributed by atoms with E-state index >= 15 is 0 Å². The molecule has 4 heteroatoms. The smallest absolute Gasteiger partial charge is 0.312 e. The Balaban J connectivity index is 2.22. The Labute approximate surface area is 102 Å². The summed E-state index contributed by atoms with van der Waals surface area (Å²) in [6, 6.07) is 0. The predicted octanol–water partition coefficient (Wildman–Crippen LogP) is 1.95. The quantitative estimate of drug-likeness (QED) is 0.773. The van der Waals surface area contributed by atoms with E-state index in [4.69, 9.17) is 4.74 Å². The Kier molecular flexibility index (Phi) is 3.21. The lowest BCUT2D eigenvalue weighted by Gasteiger charge is -2.38. The summed E-state index contributed by atoms with van der Waals surface area (Å²) >= 11 is 0. The van der Waals surface area contributed by atoms with Gasteiger partial charge in [-0.3, -0.25) is 4.79 Å². The van der Waals surface area contributed by atoms with Crippen molar-refractivity contribution < 1.29 is 19.7 Å². The molecule has 4 nitrogen and oxygen atoms in total. The van der Waals surface area contributed by atoms with Gasteiger partial charge in [-0.25, -0.2) is 0 Å². The zero-order valence-corrected chi connectivity index (χ0v) is 10.6. The molecule has 0 aliphatic carbocycles. The van der Waals surface area contributed by atoms with Crippen molar-refractivity contribution in [1.82, 2.24) is 0 Å². The van der Waals surface area contributed by atoms with Crippen LogP contribution in [0.15, 0.2) is 0 Å². The van der Waals surface area contributed by atoms with E-state index in [2.05, 4.69) is 0 Å². The number of aliphatic hydroxyl groups is 1. The lowest BCUT2D eigenvalue weighted by molar-refractivity contribution is -0.158. The molecule has 2 aliphatic heterocycles. The number of aliphatic carboxylic acids is 1. The van der Waals surface area contributed by atoms with Crippen LogP contribution in [0.25, 0.3) is 0 Å². The largest absolute Gasteiger partial charge is 0.481 e. The number of ether oxygens (including phenoxy) is 1. The summed E-state index contributed by atoms with van der Waals surface area (Å²) in [5, 5.41) is 20.0. The van der Waals surface area contributed by atoms with Crippen LogP contribution in [0.2, 0.25) is 0 Å². The van der Waals surface area contributed by atoms with Crippen molar-refractivity contribution >= 4 is 5.97 Å². The third kappa shape index (κ3) is 1.97. The van der Waals surface area contributed by atoms with Gasteiger partial charge in [-0.2, -0.15) is 0 Å². The number of hydrogen-bond donors (Lipinski definition) is 2. The molecule has 2 bridgehead atoms. The number of fused-ring (bicyclic) bond motifs is 2. The summed E-state index contributed by atoms with van der Waals surface area (Å²) in [5.41, 5.74) is -1.73. The Morgan fingerprint density at radius 1 is 1.41 bits per heavy atom. The van der Waals surface area contributed by atoms with E-state index in [1.165, 1.54) is 0 Å². The molecular formula is C13H22O4. The zero-order chi connectivity index (χ0) is 12.7. The molecule has 0 amide bonds. The van der Waals surface area contributed by atoms with Gasteiger partial charge in [0, 0.05) is 0 Å². The van der Waals surface area contributed by atoms with Crippen LogP contribution >= 0.6 is 0 Å². The van der Waals surface area contributed by atoms with Gasteiger partial charge in [-0.15, -0.1) is 0 Å². The van der Waals surface area contributed by atoms with Gasteiger partial charge in [0.2, 0.25) is 0 Å². The van der Waals surface area contributed by atoms with Crippen molar-refractivity contribution in [2.24, 2.45) is 5.41 Å². The molecule has 2 aliphatic rings. The van der Waals surface area contributed by atoms with Crippen molar-refractivity contribution in [3.8, 4) is 0 Å². The topological polar surface area (TPSA) is 66.8 Å². The standard InChI is InChI=1S/C13H22O4/c1-3-12(16,4-2)8-13(11(14)15)7-9-5-6-10(13)17-9/h9-10,16H,3-8H2,1-2H3,(H,14,15). The second-order valence-electron chi connectivity index (χ2n) is 5.60. The lowest BCUT2D eigenvalue weighted by Crippen LogP contribution is -2.47. The van der Waals surface area contributed by atoms with E-state index in [9.17, 15) is 15.0 Å². The van der Waals surface area contributed by atoms with Gasteiger partial charge in [-0.1, -0.05) is 13.8 Å². The molecule has 0 radical (unpaired) electrons. The van der Waals surface area contributed by atoms with Gasteiger partial charge in [0.1, 0.15) is 0 Å². The highest BCUT2D eigenvalue weighted by Gasteiger charge is 2.59. The molecule has 3 atom stereocenters. The molecule has 0 saturated carbocycles. The number of hydrogen-bond acceptors (Lipinski definition) is 3. The molecule has 2 rings (SSSR count). The van der Waals surface area contributed by atoms with Crippen molar-refractivity contribution in [3.63, 3.8) is 0 Å². The van der Waals surface area contributed by atoms with E-state index in [0.717, 1.165) is 12.8 Å². The minimum atomic E-state index is -0.869. The van der Waals surface area contributed by atoms with E-state index < -0.39 is 17.0 Å². The van der Waals surface area contributed by atoms with Gasteiger partial charge in [-0.05, 0) is 38.5 Å². The molecular weight excluding hydrogens is 220 g/mol. The van der Waals surface area contributed by atoms with Gasteiger partial charge in [0.25, 0.3) is 0 Å². The Bertz CT molecular complexity index is 311. The van der Waals surface area contributed by atoms with E-state index in [1.807, 2.05) is 13.8 Å². The van der Waals surface area contributed by atoms with Gasteiger partial charge >= 0.3 is 5.97 Å². The van der Waals surface area contributed by atoms with Crippen LogP contribution in [-0.2, 0) is 9.53 Å². The molecule has 0 spiro atoms. The van der Waals surface area contributed by atoms with Crippen LogP contribution in [0, 0.1) is 5.41 Å². The fraction of sp³-hybridized carbons (Fsp3) is 0.923. The van der Waals surface area contributed by atoms with Crippen LogP contribution in [0.4, 0.5) is 0 Å². The lowest BCUT2D eigenvalue weighted by atomic mass is 9.66. The summed E-state index contributed by atoms with van der Waals surface area (Å²) in [5.74, 6) is -0.801. The first-order valence-corrected chi connectivity index (χ1v) is 6.57. The monoisotopic (exact) mass is 242 g/mol. The summed E-state index contributed by atoms with van der Waals surface area (Å²) in [7, 11) is 0. The average molecular weight is 242 g/mol. The molecule has 2 fully saturated rings. The number of carboxylic acids is 1. The third-order valence-electron chi connectivity index (χ3n) is 4.70. The highest BCUT2D eigenvalue weighted by molar-refractivity contribution is 5.76. The first-order chi connectivity index (χ1) is 7.96. The highest BCUT2D eigenvalue weighted by Crippen LogP contribution is 2.52. The number of rotatable bonds is 5. The first kappa shape index (κ1) is 12.8. The van der Waals surface area contributed by atoms with Crippen LogP contribution in [-0.4, -0.2) is 34.0 Å². The van der Waals surface area contributed by atoms with Crippen LogP contribution in [0.1, 0.15) is 52.4 Å². The molecule has 2 N–H and O–H groups in total. The maximum absolute atomic E-state index is 11.6. The Hall–Kier alpha value is -0.610. The molecule has 0 aromatic heterocycles. The number of carboxylic acid groups (broad SMARTS) is 1. The van der Waals surface area contributed by atoms with Crippen molar-refractivity contribution in [2.45, 2.75) is 70.2 Å². The Morgan fingerprint density at radius 2 is 2.06 bits per heavy atom. The summed E-state index contributed by atoms with van der Waals surface area (Å²) < 4.78 is 5.69. The van der Waals surface area contributed by atoms with E-state index in [-0.39, 0.29) is 12.2 Å². The minimum absolute atomic E-state index is 0.0917. The van der Waals surface area contributed by atoms with Gasteiger partial charge in [0.15, 0.2) is 0 Å². The normalized spacial score (nSPS) is 36.4. The zero-order valence-electron chi connectivity index (χ0n) is 10.6. The Morgan fingerprint density at radius 3 is 2.41 bits per heavy atom. The molecule has 3 unspecified atom stereocenters. The maximum atomic E-state index is 11.6. The van der Waals surface area contributed by atoms with Crippen LogP contribution in [0.3, 0.4) is 0 Å². The second-order valence-corrected chi connectivity index (χ2v) is 5.60. The molecule has 2 heterocycles. The first-order valence-electron chi connectivity index (χ1n) is 6.57. The van der Waals surface area contributed by atoms with Crippen LogP contribution < -0.4 is 0 Å². The van der Waals surface area contributed by atoms with Gasteiger partial charge < -0.3 is 14.9 Å². The molecule has 0 aromatic rings. The van der Waals surface area contributed by atoms with Crippen molar-refractivity contribution in [1.29, 1.82) is 0 Å². The van der Waals surface area contributed by atoms with Crippen LogP contribution in [0.5, 0.6) is 0 Å². The predicted molar refractivity (Wildman–Crippen MR) is 62.7 cm³/mol. The summed E-state index contributed by atoms with van der Waals surface area (Å²) in [6.45, 7) is 3.82. The number of carbonyl (C=O) groups is 1. The van der Waals surface area contributed by atoms with Crippen molar-refractivity contribution in [2.75, 3.05) is 0 Å². The molecule has 17 heavy (non-hydrogen) atoms. The van der Waals surface area contributed by atoms with E-state index in [1.54, 1.807) is 0 Å². The van der Waals surface area contributed by atoms with Crippen molar-refractivity contribution in [3.05, 3.63) is 0 Å². The fourth-order valence-electron chi connectivity index (χ4n) is 3.37. The minimum Gasteiger partial charge on any atom is -0.481 e. The molecule has 2 saturated heterocycles. The fourth-order valence-corrected chi connectivity index (χ4v) is 3.37. The third-order valence-corrected chi connectivity index (χ3v) is 4.70. The molecule has 98 valence electrons. The van der Waals surface area contributed by atoms with E-state index in [0.29, 0.717) is 25.7 Å². The summed E-state index contributed by atoms with van der Waals surface area (Å²) in [6.07, 6.45) is 3.75. The SMILES string of the molecule is CCC(O)(CC)CC1(C(=O)O)CC2CCC1O2. The summed E-state index contributed by atoms with van der Waals surface area (Å²) in [4.78, 5) is 11.6. The maximum Gasteiger partial charge on any atom is 0.312 e. The van der Waals surface area contributed by atoms with Gasteiger partial charge in [0.05, 0.1) is 23.2 Å². The highest BCUT2D eigenvalue weighted by atomic mass is 16.5. The molecule has 0 aromatic carbocycles. The average Bonchev–Trinajstić information content (AvgIpc) is 2.89.